The van der Waals surface area contributed by atoms with Gasteiger partial charge in [0.1, 0.15) is 15.5 Å². The molecule has 0 aliphatic carbocycles. The van der Waals surface area contributed by atoms with Crippen molar-refractivity contribution in [3.8, 4) is 28.1 Å². The van der Waals surface area contributed by atoms with E-state index in [0.717, 1.165) is 38.0 Å². The zero-order chi connectivity index (χ0) is 24.5. The van der Waals surface area contributed by atoms with Crippen LogP contribution >= 0.6 is 27.3 Å². The first-order valence-electron chi connectivity index (χ1n) is 10.9. The zero-order valence-corrected chi connectivity index (χ0v) is 21.5. The summed E-state index contributed by atoms with van der Waals surface area (Å²) in [6.07, 6.45) is 0. The van der Waals surface area contributed by atoms with Gasteiger partial charge in [0.25, 0.3) is 5.91 Å². The van der Waals surface area contributed by atoms with Crippen molar-refractivity contribution >= 4 is 54.8 Å². The number of methoxy groups -OCH3 is 1. The van der Waals surface area contributed by atoms with Crippen LogP contribution in [0.25, 0.3) is 32.6 Å². The number of anilines is 2. The van der Waals surface area contributed by atoms with Gasteiger partial charge in [0.05, 0.1) is 18.5 Å². The van der Waals surface area contributed by atoms with Crippen molar-refractivity contribution in [2.45, 2.75) is 6.92 Å². The molecule has 3 N–H and O–H groups in total. The Morgan fingerprint density at radius 1 is 0.971 bits per heavy atom. The monoisotopic (exact) mass is 543 g/mol. The van der Waals surface area contributed by atoms with Crippen LogP contribution in [-0.4, -0.2) is 18.0 Å². The molecule has 0 radical (unpaired) electrons. The lowest BCUT2D eigenvalue weighted by atomic mass is 9.99. The molecule has 0 unspecified atom stereocenters. The fraction of sp³-hybridized carbons (Fsp3) is 0.0714. The van der Waals surface area contributed by atoms with Crippen LogP contribution in [-0.2, 0) is 0 Å². The van der Waals surface area contributed by atoms with Gasteiger partial charge in [0.15, 0.2) is 0 Å². The predicted molar refractivity (Wildman–Crippen MR) is 148 cm³/mol. The van der Waals surface area contributed by atoms with E-state index >= 15 is 0 Å². The lowest BCUT2D eigenvalue weighted by Gasteiger charge is -2.10. The number of benzene rings is 3. The molecule has 5 nitrogen and oxygen atoms in total. The summed E-state index contributed by atoms with van der Waals surface area (Å²) in [5.74, 6) is 0.510. The van der Waals surface area contributed by atoms with Crippen molar-refractivity contribution < 1.29 is 9.53 Å². The van der Waals surface area contributed by atoms with E-state index in [1.807, 2.05) is 54.6 Å². The smallest absolute Gasteiger partial charge is 0.267 e. The molecule has 0 bridgehead atoms. The minimum absolute atomic E-state index is 0.259. The molecule has 3 aromatic carbocycles. The van der Waals surface area contributed by atoms with Crippen LogP contribution < -0.4 is 15.8 Å². The van der Waals surface area contributed by atoms with Gasteiger partial charge in [-0.15, -0.1) is 11.3 Å². The van der Waals surface area contributed by atoms with Gasteiger partial charge in [-0.2, -0.15) is 0 Å². The van der Waals surface area contributed by atoms with Crippen LogP contribution in [0.4, 0.5) is 11.4 Å². The molecule has 0 atom stereocenters. The van der Waals surface area contributed by atoms with Gasteiger partial charge < -0.3 is 15.8 Å². The van der Waals surface area contributed by atoms with Crippen molar-refractivity contribution in [3.63, 3.8) is 0 Å². The first-order chi connectivity index (χ1) is 16.9. The normalized spacial score (nSPS) is 10.9. The molecule has 2 aromatic heterocycles. The summed E-state index contributed by atoms with van der Waals surface area (Å²) in [4.78, 5) is 19.2. The van der Waals surface area contributed by atoms with Crippen molar-refractivity contribution in [1.82, 2.24) is 4.98 Å². The average Bonchev–Trinajstić information content (AvgIpc) is 3.22. The number of carbonyl (C=O) groups is 1. The second-order valence-corrected chi connectivity index (χ2v) is 10.1. The molecule has 0 spiro atoms. The third-order valence-electron chi connectivity index (χ3n) is 5.76. The molecule has 174 valence electrons. The maximum absolute atomic E-state index is 13.2. The van der Waals surface area contributed by atoms with Crippen LogP contribution in [0, 0.1) is 6.92 Å². The molecule has 5 aromatic rings. The quantitative estimate of drug-likeness (QED) is 0.240. The zero-order valence-electron chi connectivity index (χ0n) is 19.1. The van der Waals surface area contributed by atoms with Gasteiger partial charge in [-0.05, 0) is 60.5 Å². The molecule has 0 aliphatic rings. The topological polar surface area (TPSA) is 77.2 Å². The number of amides is 1. The van der Waals surface area contributed by atoms with E-state index in [2.05, 4.69) is 52.4 Å². The van der Waals surface area contributed by atoms with Gasteiger partial charge in [0, 0.05) is 21.1 Å². The minimum Gasteiger partial charge on any atom is -0.497 e. The lowest BCUT2D eigenvalue weighted by Crippen LogP contribution is -2.11. The summed E-state index contributed by atoms with van der Waals surface area (Å²) in [5.41, 5.74) is 12.6. The van der Waals surface area contributed by atoms with Crippen LogP contribution in [0.5, 0.6) is 5.75 Å². The Labute approximate surface area is 215 Å². The Balaban J connectivity index is 1.65. The summed E-state index contributed by atoms with van der Waals surface area (Å²) < 4.78 is 6.27. The number of hydrogen-bond donors (Lipinski definition) is 2. The Morgan fingerprint density at radius 2 is 1.63 bits per heavy atom. The highest BCUT2D eigenvalue weighted by Gasteiger charge is 2.22. The summed E-state index contributed by atoms with van der Waals surface area (Å²) >= 11 is 4.71. The Morgan fingerprint density at radius 3 is 2.29 bits per heavy atom. The van der Waals surface area contributed by atoms with Crippen LogP contribution in [0.3, 0.4) is 0 Å². The average molecular weight is 544 g/mol. The largest absolute Gasteiger partial charge is 0.497 e. The highest BCUT2D eigenvalue weighted by molar-refractivity contribution is 9.10. The van der Waals surface area contributed by atoms with E-state index in [9.17, 15) is 4.79 Å². The maximum Gasteiger partial charge on any atom is 0.267 e. The molecule has 2 heterocycles. The summed E-state index contributed by atoms with van der Waals surface area (Å²) in [6.45, 7) is 2.06. The van der Waals surface area contributed by atoms with E-state index in [4.69, 9.17) is 15.5 Å². The summed E-state index contributed by atoms with van der Waals surface area (Å²) in [6, 6.07) is 25.5. The van der Waals surface area contributed by atoms with Crippen molar-refractivity contribution in [1.29, 1.82) is 0 Å². The molecule has 35 heavy (non-hydrogen) atoms. The Hall–Kier alpha value is -3.68. The minimum atomic E-state index is -0.259. The van der Waals surface area contributed by atoms with Gasteiger partial charge in [-0.3, -0.25) is 4.79 Å². The molecule has 1 amide bonds. The number of hydrogen-bond acceptors (Lipinski definition) is 5. The standard InChI is InChI=1S/C28H22BrN3O2S/c1-16-3-5-18(6-4-16)23-15-22(17-7-13-21(34-2)14-8-17)24-25(30)26(35-28(24)32-23)27(33)31-20-11-9-19(29)10-12-20/h3-15H,30H2,1-2H3,(H,31,33). The number of fused-ring (bicyclic) bond motifs is 1. The summed E-state index contributed by atoms with van der Waals surface area (Å²) in [5, 5.41) is 3.72. The molecule has 0 saturated carbocycles. The van der Waals surface area contributed by atoms with E-state index in [1.165, 1.54) is 16.9 Å². The summed E-state index contributed by atoms with van der Waals surface area (Å²) in [7, 11) is 1.64. The molecule has 7 heteroatoms. The third-order valence-corrected chi connectivity index (χ3v) is 7.38. The number of aryl methyl sites for hydroxylation is 1. The molecule has 0 saturated heterocycles. The Kier molecular flexibility index (Phi) is 6.28. The van der Waals surface area contributed by atoms with E-state index in [1.54, 1.807) is 7.11 Å². The fourth-order valence-corrected chi connectivity index (χ4v) is 5.16. The molecular formula is C28H22BrN3O2S. The van der Waals surface area contributed by atoms with Crippen molar-refractivity contribution in [2.24, 2.45) is 0 Å². The SMILES string of the molecule is COc1ccc(-c2cc(-c3ccc(C)cc3)nc3sc(C(=O)Nc4ccc(Br)cc4)c(N)c23)cc1. The van der Waals surface area contributed by atoms with Crippen LogP contribution in [0.1, 0.15) is 15.2 Å². The second-order valence-electron chi connectivity index (χ2n) is 8.14. The van der Waals surface area contributed by atoms with Gasteiger partial charge >= 0.3 is 0 Å². The fourth-order valence-electron chi connectivity index (χ4n) is 3.88. The number of halogens is 1. The maximum atomic E-state index is 13.2. The number of nitrogens with one attached hydrogen (secondary N) is 1. The first kappa shape index (κ1) is 23.1. The number of ether oxygens (including phenoxy) is 1. The number of nitrogens with two attached hydrogens (primary N) is 1. The molecular weight excluding hydrogens is 522 g/mol. The lowest BCUT2D eigenvalue weighted by molar-refractivity contribution is 0.103. The predicted octanol–water partition coefficient (Wildman–Crippen LogP) is 7.54. The molecule has 0 fully saturated rings. The van der Waals surface area contributed by atoms with Crippen molar-refractivity contribution in [3.05, 3.63) is 93.8 Å². The molecule has 5 rings (SSSR count). The molecule has 0 aliphatic heterocycles. The number of thiophene rings is 1. The van der Waals surface area contributed by atoms with E-state index < -0.39 is 0 Å². The van der Waals surface area contributed by atoms with Gasteiger partial charge in [-0.25, -0.2) is 4.98 Å². The van der Waals surface area contributed by atoms with Crippen LogP contribution in [0.15, 0.2) is 83.3 Å². The van der Waals surface area contributed by atoms with Crippen molar-refractivity contribution in [2.75, 3.05) is 18.2 Å². The number of nitrogens with zero attached hydrogens (tertiary/aromatic N) is 1. The highest BCUT2D eigenvalue weighted by atomic mass is 79.9. The van der Waals surface area contributed by atoms with Gasteiger partial charge in [0.2, 0.25) is 0 Å². The highest BCUT2D eigenvalue weighted by Crippen LogP contribution is 2.42. The number of nitrogen functional groups attached to an aromatic ring is 1. The first-order valence-corrected chi connectivity index (χ1v) is 12.6. The van der Waals surface area contributed by atoms with Crippen LogP contribution in [0.2, 0.25) is 0 Å². The number of pyridine rings is 1. The van der Waals surface area contributed by atoms with E-state index in [-0.39, 0.29) is 5.91 Å². The number of rotatable bonds is 5. The van der Waals surface area contributed by atoms with Gasteiger partial charge in [-0.1, -0.05) is 57.9 Å². The third kappa shape index (κ3) is 4.65. The number of carbonyl (C=O) groups excluding carboxylic acids is 1. The second kappa shape index (κ2) is 9.52. The van der Waals surface area contributed by atoms with E-state index in [0.29, 0.717) is 21.1 Å². The number of aromatic nitrogens is 1. The Bertz CT molecular complexity index is 1530.